The van der Waals surface area contributed by atoms with Gasteiger partial charge in [0.1, 0.15) is 0 Å². The van der Waals surface area contributed by atoms with E-state index in [0.717, 1.165) is 23.1 Å². The van der Waals surface area contributed by atoms with Crippen LogP contribution in [0.5, 0.6) is 0 Å². The SMILES string of the molecule is Cc1cc(C)c(S(=O)(=O)N2CCC[C@@H](C(=O)NC(C)C)C2)c(C)c1. The number of hydrogen-bond donors (Lipinski definition) is 1. The summed E-state index contributed by atoms with van der Waals surface area (Å²) in [5.41, 5.74) is 2.58. The van der Waals surface area contributed by atoms with Crippen molar-refractivity contribution in [1.29, 1.82) is 0 Å². The number of nitrogens with one attached hydrogen (secondary N) is 1. The molecule has 134 valence electrons. The van der Waals surface area contributed by atoms with E-state index in [1.807, 2.05) is 46.8 Å². The molecule has 1 aromatic carbocycles. The van der Waals surface area contributed by atoms with E-state index in [2.05, 4.69) is 5.32 Å². The number of piperidine rings is 1. The second-order valence-electron chi connectivity index (χ2n) is 7.09. The number of benzene rings is 1. The molecule has 1 fully saturated rings. The molecule has 5 nitrogen and oxygen atoms in total. The van der Waals surface area contributed by atoms with Crippen LogP contribution in [0.15, 0.2) is 17.0 Å². The summed E-state index contributed by atoms with van der Waals surface area (Å²) in [5.74, 6) is -0.329. The highest BCUT2D eigenvalue weighted by Gasteiger charge is 2.34. The maximum absolute atomic E-state index is 13.1. The molecule has 6 heteroatoms. The minimum Gasteiger partial charge on any atom is -0.354 e. The smallest absolute Gasteiger partial charge is 0.243 e. The van der Waals surface area contributed by atoms with Gasteiger partial charge in [0, 0.05) is 19.1 Å². The van der Waals surface area contributed by atoms with Gasteiger partial charge < -0.3 is 5.32 Å². The number of hydrogen-bond acceptors (Lipinski definition) is 3. The molecule has 2 rings (SSSR count). The van der Waals surface area contributed by atoms with Crippen molar-refractivity contribution in [3.8, 4) is 0 Å². The fraction of sp³-hybridized carbons (Fsp3) is 0.611. The van der Waals surface area contributed by atoms with Gasteiger partial charge in [-0.1, -0.05) is 17.7 Å². The summed E-state index contributed by atoms with van der Waals surface area (Å²) in [6.45, 7) is 10.2. The molecule has 24 heavy (non-hydrogen) atoms. The summed E-state index contributed by atoms with van der Waals surface area (Å²) in [6.07, 6.45) is 1.44. The summed E-state index contributed by atoms with van der Waals surface area (Å²) >= 11 is 0. The molecule has 0 bridgehead atoms. The van der Waals surface area contributed by atoms with Crippen molar-refractivity contribution in [3.05, 3.63) is 28.8 Å². The quantitative estimate of drug-likeness (QED) is 0.905. The Morgan fingerprint density at radius 2 is 1.79 bits per heavy atom. The van der Waals surface area contributed by atoms with Gasteiger partial charge in [-0.25, -0.2) is 8.42 Å². The predicted molar refractivity (Wildman–Crippen MR) is 95.4 cm³/mol. The van der Waals surface area contributed by atoms with Crippen molar-refractivity contribution in [1.82, 2.24) is 9.62 Å². The van der Waals surface area contributed by atoms with Gasteiger partial charge in [-0.05, 0) is 58.6 Å². The number of nitrogens with zero attached hydrogens (tertiary/aromatic N) is 1. The van der Waals surface area contributed by atoms with Gasteiger partial charge in [0.25, 0.3) is 0 Å². The first-order valence-electron chi connectivity index (χ1n) is 8.51. The zero-order valence-corrected chi connectivity index (χ0v) is 16.0. The van der Waals surface area contributed by atoms with Gasteiger partial charge in [-0.3, -0.25) is 4.79 Å². The summed E-state index contributed by atoms with van der Waals surface area (Å²) in [7, 11) is -3.58. The molecular weight excluding hydrogens is 324 g/mol. The number of amides is 1. The van der Waals surface area contributed by atoms with Gasteiger partial charge in [-0.15, -0.1) is 0 Å². The van der Waals surface area contributed by atoms with E-state index in [4.69, 9.17) is 0 Å². The summed E-state index contributed by atoms with van der Waals surface area (Å²) in [5, 5.41) is 2.89. The molecular formula is C18H28N2O3S. The average Bonchev–Trinajstić information content (AvgIpc) is 2.45. The Balaban J connectivity index is 2.28. The zero-order valence-electron chi connectivity index (χ0n) is 15.2. The fourth-order valence-electron chi connectivity index (χ4n) is 3.48. The van der Waals surface area contributed by atoms with Gasteiger partial charge in [-0.2, -0.15) is 4.31 Å². The number of rotatable bonds is 4. The van der Waals surface area contributed by atoms with Gasteiger partial charge >= 0.3 is 0 Å². The first-order chi connectivity index (χ1) is 11.1. The Labute approximate surface area is 145 Å². The number of aryl methyl sites for hydroxylation is 3. The molecule has 1 aromatic rings. The Morgan fingerprint density at radius 3 is 2.33 bits per heavy atom. The largest absolute Gasteiger partial charge is 0.354 e. The minimum absolute atomic E-state index is 0.0535. The monoisotopic (exact) mass is 352 g/mol. The Kier molecular flexibility index (Phi) is 5.71. The predicted octanol–water partition coefficient (Wildman–Crippen LogP) is 2.54. The maximum Gasteiger partial charge on any atom is 0.243 e. The minimum atomic E-state index is -3.58. The van der Waals surface area contributed by atoms with Crippen molar-refractivity contribution in [2.75, 3.05) is 13.1 Å². The third-order valence-electron chi connectivity index (χ3n) is 4.39. The number of carbonyl (C=O) groups excluding carboxylic acids is 1. The number of carbonyl (C=O) groups is 1. The van der Waals surface area contributed by atoms with E-state index in [0.29, 0.717) is 17.9 Å². The molecule has 0 unspecified atom stereocenters. The zero-order chi connectivity index (χ0) is 18.1. The van der Waals surface area contributed by atoms with E-state index in [1.54, 1.807) is 0 Å². The van der Waals surface area contributed by atoms with Crippen molar-refractivity contribution >= 4 is 15.9 Å². The van der Waals surface area contributed by atoms with Crippen LogP contribution in [0, 0.1) is 26.7 Å². The fourth-order valence-corrected chi connectivity index (χ4v) is 5.42. The van der Waals surface area contributed by atoms with Crippen LogP contribution in [0.3, 0.4) is 0 Å². The van der Waals surface area contributed by atoms with E-state index >= 15 is 0 Å². The molecule has 1 heterocycles. The molecule has 1 aliphatic heterocycles. The van der Waals surface area contributed by atoms with Gasteiger partial charge in [0.2, 0.25) is 15.9 Å². The van der Waals surface area contributed by atoms with E-state index < -0.39 is 10.0 Å². The molecule has 0 aliphatic carbocycles. The maximum atomic E-state index is 13.1. The summed E-state index contributed by atoms with van der Waals surface area (Å²) in [4.78, 5) is 12.7. The summed E-state index contributed by atoms with van der Waals surface area (Å²) < 4.78 is 27.7. The van der Waals surface area contributed by atoms with Crippen LogP contribution in [-0.2, 0) is 14.8 Å². The van der Waals surface area contributed by atoms with E-state index in [9.17, 15) is 13.2 Å². The highest BCUT2D eigenvalue weighted by molar-refractivity contribution is 7.89. The Morgan fingerprint density at radius 1 is 1.21 bits per heavy atom. The lowest BCUT2D eigenvalue weighted by Crippen LogP contribution is -2.46. The average molecular weight is 353 g/mol. The first-order valence-corrected chi connectivity index (χ1v) is 9.95. The molecule has 1 N–H and O–H groups in total. The van der Waals surface area contributed by atoms with Crippen molar-refractivity contribution in [3.63, 3.8) is 0 Å². The van der Waals surface area contributed by atoms with Crippen LogP contribution < -0.4 is 5.32 Å². The molecule has 0 spiro atoms. The topological polar surface area (TPSA) is 66.5 Å². The summed E-state index contributed by atoms with van der Waals surface area (Å²) in [6, 6.07) is 3.85. The van der Waals surface area contributed by atoms with Crippen LogP contribution in [-0.4, -0.2) is 37.8 Å². The van der Waals surface area contributed by atoms with Crippen LogP contribution in [0.1, 0.15) is 43.4 Å². The number of sulfonamides is 1. The Hall–Kier alpha value is -1.40. The van der Waals surface area contributed by atoms with Crippen LogP contribution in [0.4, 0.5) is 0 Å². The second kappa shape index (κ2) is 7.23. The molecule has 1 amide bonds. The molecule has 1 atom stereocenters. The third kappa shape index (κ3) is 3.98. The normalized spacial score (nSPS) is 19.5. The third-order valence-corrected chi connectivity index (χ3v) is 6.56. The molecule has 1 saturated heterocycles. The van der Waals surface area contributed by atoms with Crippen LogP contribution >= 0.6 is 0 Å². The van der Waals surface area contributed by atoms with Crippen molar-refractivity contribution in [2.45, 2.75) is 58.4 Å². The van der Waals surface area contributed by atoms with Gasteiger partial charge in [0.15, 0.2) is 0 Å². The molecule has 0 saturated carbocycles. The lowest BCUT2D eigenvalue weighted by Gasteiger charge is -2.32. The van der Waals surface area contributed by atoms with Crippen molar-refractivity contribution in [2.24, 2.45) is 5.92 Å². The van der Waals surface area contributed by atoms with Crippen LogP contribution in [0.2, 0.25) is 0 Å². The van der Waals surface area contributed by atoms with Crippen LogP contribution in [0.25, 0.3) is 0 Å². The highest BCUT2D eigenvalue weighted by atomic mass is 32.2. The standard InChI is InChI=1S/C18H28N2O3S/c1-12(2)19-18(21)16-7-6-8-20(11-16)24(22,23)17-14(4)9-13(3)10-15(17)5/h9-10,12,16H,6-8,11H2,1-5H3,(H,19,21)/t16-/m1/s1. The second-order valence-corrected chi connectivity index (χ2v) is 8.97. The highest BCUT2D eigenvalue weighted by Crippen LogP contribution is 2.28. The van der Waals surface area contributed by atoms with Crippen molar-refractivity contribution < 1.29 is 13.2 Å². The lowest BCUT2D eigenvalue weighted by molar-refractivity contribution is -0.126. The van der Waals surface area contributed by atoms with Gasteiger partial charge in [0.05, 0.1) is 10.8 Å². The molecule has 0 aromatic heterocycles. The molecule has 1 aliphatic rings. The first kappa shape index (κ1) is 18.9. The van der Waals surface area contributed by atoms with E-state index in [-0.39, 0.29) is 24.4 Å². The molecule has 0 radical (unpaired) electrons. The lowest BCUT2D eigenvalue weighted by atomic mass is 9.98. The van der Waals surface area contributed by atoms with E-state index in [1.165, 1.54) is 4.31 Å². The Bertz CT molecular complexity index is 703.